The van der Waals surface area contributed by atoms with Crippen molar-refractivity contribution < 1.29 is 14.4 Å². The molecule has 0 aliphatic rings. The molecule has 3 N–H and O–H groups in total. The maximum absolute atomic E-state index is 12.0. The highest BCUT2D eigenvalue weighted by Gasteiger charge is 2.09. The molecule has 0 fully saturated rings. The van der Waals surface area contributed by atoms with Crippen LogP contribution in [0.15, 0.2) is 29.4 Å². The quantitative estimate of drug-likeness (QED) is 0.542. The molecule has 3 amide bonds. The molecule has 0 aliphatic heterocycles. The van der Waals surface area contributed by atoms with E-state index < -0.39 is 5.91 Å². The van der Waals surface area contributed by atoms with Crippen molar-refractivity contribution in [1.82, 2.24) is 5.43 Å². The molecule has 0 unspecified atom stereocenters. The van der Waals surface area contributed by atoms with E-state index >= 15 is 0 Å². The van der Waals surface area contributed by atoms with E-state index in [2.05, 4.69) is 21.2 Å². The lowest BCUT2D eigenvalue weighted by Crippen LogP contribution is -2.21. The molecule has 120 valence electrons. The van der Waals surface area contributed by atoms with Crippen LogP contribution in [0.5, 0.6) is 0 Å². The summed E-state index contributed by atoms with van der Waals surface area (Å²) in [7, 11) is 0. The number of benzene rings is 1. The van der Waals surface area contributed by atoms with Gasteiger partial charge in [-0.2, -0.15) is 10.4 Å². The first-order chi connectivity index (χ1) is 10.9. The number of nitrogens with one attached hydrogen (secondary N) is 3. The van der Waals surface area contributed by atoms with Gasteiger partial charge in [0.05, 0.1) is 23.9 Å². The highest BCUT2D eigenvalue weighted by atomic mass is 16.2. The Morgan fingerprint density at radius 2 is 1.70 bits per heavy atom. The molecule has 8 heteroatoms. The van der Waals surface area contributed by atoms with Crippen LogP contribution < -0.4 is 16.1 Å². The van der Waals surface area contributed by atoms with Gasteiger partial charge in [0, 0.05) is 12.6 Å². The molecule has 0 aliphatic carbocycles. The molecule has 0 atom stereocenters. The normalized spacial score (nSPS) is 10.4. The third-order valence-corrected chi connectivity index (χ3v) is 2.54. The molecule has 1 aromatic carbocycles. The van der Waals surface area contributed by atoms with E-state index in [-0.39, 0.29) is 24.7 Å². The fraction of sp³-hybridized carbons (Fsp3) is 0.267. The van der Waals surface area contributed by atoms with E-state index in [0.29, 0.717) is 17.1 Å². The first-order valence-corrected chi connectivity index (χ1v) is 6.77. The predicted molar refractivity (Wildman–Crippen MR) is 85.5 cm³/mol. The van der Waals surface area contributed by atoms with Crippen LogP contribution in [0.25, 0.3) is 0 Å². The minimum atomic E-state index is -0.539. The van der Waals surface area contributed by atoms with Crippen LogP contribution in [0.1, 0.15) is 26.7 Å². The summed E-state index contributed by atoms with van der Waals surface area (Å²) in [5.74, 6) is -1.13. The number of hydrogen-bond acceptors (Lipinski definition) is 5. The molecule has 1 aromatic rings. The zero-order valence-electron chi connectivity index (χ0n) is 12.8. The Bertz CT molecular complexity index is 676. The first-order valence-electron chi connectivity index (χ1n) is 6.77. The second-order valence-corrected chi connectivity index (χ2v) is 4.67. The SMILES string of the molecule is CC(=O)Nc1ccccc1NC(=O)CC(C)=NNC(=O)CC#N. The summed E-state index contributed by atoms with van der Waals surface area (Å²) in [6.07, 6.45) is -0.339. The Labute approximate surface area is 133 Å². The van der Waals surface area contributed by atoms with E-state index in [1.165, 1.54) is 6.92 Å². The molecule has 0 saturated carbocycles. The summed E-state index contributed by atoms with van der Waals surface area (Å²) in [5.41, 5.74) is 3.52. The molecule has 0 saturated heterocycles. The molecule has 0 radical (unpaired) electrons. The minimum Gasteiger partial charge on any atom is -0.325 e. The summed E-state index contributed by atoms with van der Waals surface area (Å²) >= 11 is 0. The molecule has 23 heavy (non-hydrogen) atoms. The van der Waals surface area contributed by atoms with Crippen molar-refractivity contribution in [1.29, 1.82) is 5.26 Å². The van der Waals surface area contributed by atoms with Gasteiger partial charge in [-0.05, 0) is 19.1 Å². The van der Waals surface area contributed by atoms with Crippen LogP contribution in [0.2, 0.25) is 0 Å². The summed E-state index contributed by atoms with van der Waals surface area (Å²) in [6.45, 7) is 2.95. The Kier molecular flexibility index (Phi) is 6.94. The van der Waals surface area contributed by atoms with Gasteiger partial charge in [0.25, 0.3) is 5.91 Å². The fourth-order valence-corrected chi connectivity index (χ4v) is 1.63. The highest BCUT2D eigenvalue weighted by Crippen LogP contribution is 2.20. The largest absolute Gasteiger partial charge is 0.325 e. The number of nitriles is 1. The van der Waals surface area contributed by atoms with Crippen LogP contribution in [0.3, 0.4) is 0 Å². The summed E-state index contributed by atoms with van der Waals surface area (Å²) in [4.78, 5) is 34.2. The molecule has 0 heterocycles. The number of rotatable bonds is 6. The van der Waals surface area contributed by atoms with E-state index in [0.717, 1.165) is 0 Å². The number of anilines is 2. The summed E-state index contributed by atoms with van der Waals surface area (Å²) < 4.78 is 0. The number of hydrazone groups is 1. The minimum absolute atomic E-state index is 0.0404. The Morgan fingerprint density at radius 3 is 2.26 bits per heavy atom. The van der Waals surface area contributed by atoms with Gasteiger partial charge in [-0.3, -0.25) is 14.4 Å². The van der Waals surface area contributed by atoms with Gasteiger partial charge in [0.15, 0.2) is 0 Å². The van der Waals surface area contributed by atoms with Crippen molar-refractivity contribution in [2.75, 3.05) is 10.6 Å². The first kappa shape index (κ1) is 17.8. The Balaban J connectivity index is 2.63. The maximum Gasteiger partial charge on any atom is 0.254 e. The zero-order chi connectivity index (χ0) is 17.2. The number of carbonyl (C=O) groups is 3. The van der Waals surface area contributed by atoms with Crippen molar-refractivity contribution in [3.63, 3.8) is 0 Å². The van der Waals surface area contributed by atoms with E-state index in [4.69, 9.17) is 5.26 Å². The molecular weight excluding hydrogens is 298 g/mol. The van der Waals surface area contributed by atoms with Crippen LogP contribution in [-0.4, -0.2) is 23.4 Å². The number of carbonyl (C=O) groups excluding carboxylic acids is 3. The van der Waals surface area contributed by atoms with E-state index in [9.17, 15) is 14.4 Å². The number of hydrogen-bond donors (Lipinski definition) is 3. The Morgan fingerprint density at radius 1 is 1.09 bits per heavy atom. The summed E-state index contributed by atoms with van der Waals surface area (Å²) in [5, 5.41) is 17.4. The van der Waals surface area contributed by atoms with Crippen molar-refractivity contribution in [2.24, 2.45) is 5.10 Å². The van der Waals surface area contributed by atoms with E-state index in [1.807, 2.05) is 0 Å². The van der Waals surface area contributed by atoms with E-state index in [1.54, 1.807) is 37.3 Å². The monoisotopic (exact) mass is 315 g/mol. The van der Waals surface area contributed by atoms with Gasteiger partial charge in [-0.15, -0.1) is 0 Å². The third-order valence-electron chi connectivity index (χ3n) is 2.54. The highest BCUT2D eigenvalue weighted by molar-refractivity contribution is 6.07. The van der Waals surface area contributed by atoms with Gasteiger partial charge in [0.1, 0.15) is 6.42 Å². The van der Waals surface area contributed by atoms with Gasteiger partial charge < -0.3 is 10.6 Å². The van der Waals surface area contributed by atoms with Gasteiger partial charge in [-0.25, -0.2) is 5.43 Å². The van der Waals surface area contributed by atoms with Crippen LogP contribution >= 0.6 is 0 Å². The fourth-order valence-electron chi connectivity index (χ4n) is 1.63. The molecule has 0 spiro atoms. The van der Waals surface area contributed by atoms with Crippen molar-refractivity contribution in [3.05, 3.63) is 24.3 Å². The van der Waals surface area contributed by atoms with Crippen molar-refractivity contribution in [3.8, 4) is 6.07 Å². The smallest absolute Gasteiger partial charge is 0.254 e. The number of nitrogens with zero attached hydrogens (tertiary/aromatic N) is 2. The molecule has 0 bridgehead atoms. The van der Waals surface area contributed by atoms with Crippen LogP contribution in [0, 0.1) is 11.3 Å². The van der Waals surface area contributed by atoms with Gasteiger partial charge in [0.2, 0.25) is 11.8 Å². The number of amides is 3. The van der Waals surface area contributed by atoms with Gasteiger partial charge in [-0.1, -0.05) is 12.1 Å². The standard InChI is InChI=1S/C15H17N5O3/c1-10(19-20-14(22)7-8-16)9-15(23)18-13-6-4-3-5-12(13)17-11(2)21/h3-6H,7,9H2,1-2H3,(H,17,21)(H,18,23)(H,20,22). The lowest BCUT2D eigenvalue weighted by molar-refractivity contribution is -0.120. The molecule has 0 aromatic heterocycles. The lowest BCUT2D eigenvalue weighted by Gasteiger charge is -2.11. The third kappa shape index (κ3) is 6.86. The topological polar surface area (TPSA) is 123 Å². The number of para-hydroxylation sites is 2. The lowest BCUT2D eigenvalue weighted by atomic mass is 10.2. The Hall–Kier alpha value is -3.21. The molecule has 8 nitrogen and oxygen atoms in total. The van der Waals surface area contributed by atoms with Crippen molar-refractivity contribution >= 4 is 34.8 Å². The average molecular weight is 315 g/mol. The second kappa shape index (κ2) is 8.94. The summed E-state index contributed by atoms with van der Waals surface area (Å²) in [6, 6.07) is 8.48. The molecule has 1 rings (SSSR count). The zero-order valence-corrected chi connectivity index (χ0v) is 12.8. The predicted octanol–water partition coefficient (Wildman–Crippen LogP) is 1.38. The van der Waals surface area contributed by atoms with Gasteiger partial charge >= 0.3 is 0 Å². The molecular formula is C15H17N5O3. The van der Waals surface area contributed by atoms with Crippen molar-refractivity contribution in [2.45, 2.75) is 26.7 Å². The van der Waals surface area contributed by atoms with Crippen LogP contribution in [-0.2, 0) is 14.4 Å². The maximum atomic E-state index is 12.0. The second-order valence-electron chi connectivity index (χ2n) is 4.67. The average Bonchev–Trinajstić information content (AvgIpc) is 2.47. The van der Waals surface area contributed by atoms with Crippen LogP contribution in [0.4, 0.5) is 11.4 Å².